The largest absolute Gasteiger partial charge is 0.350 e. The van der Waals surface area contributed by atoms with Gasteiger partial charge in [0.2, 0.25) is 5.95 Å². The first-order valence-corrected chi connectivity index (χ1v) is 7.74. The van der Waals surface area contributed by atoms with Crippen LogP contribution >= 0.6 is 0 Å². The molecule has 0 saturated carbocycles. The molecular weight excluding hydrogens is 317 g/mol. The van der Waals surface area contributed by atoms with Crippen LogP contribution in [0.1, 0.15) is 16.8 Å². The van der Waals surface area contributed by atoms with Gasteiger partial charge in [0, 0.05) is 18.3 Å². The summed E-state index contributed by atoms with van der Waals surface area (Å²) in [6.07, 6.45) is 0. The summed E-state index contributed by atoms with van der Waals surface area (Å²) in [5.74, 6) is 0.788. The highest BCUT2D eigenvalue weighted by molar-refractivity contribution is 5.65. The van der Waals surface area contributed by atoms with Crippen molar-refractivity contribution in [3.8, 4) is 6.07 Å². The Bertz CT molecular complexity index is 916. The van der Waals surface area contributed by atoms with Crippen molar-refractivity contribution in [1.29, 1.82) is 5.26 Å². The number of anilines is 3. The van der Waals surface area contributed by atoms with Crippen LogP contribution in [0.3, 0.4) is 0 Å². The Morgan fingerprint density at radius 1 is 1.08 bits per heavy atom. The van der Waals surface area contributed by atoms with E-state index in [1.54, 1.807) is 24.3 Å². The maximum atomic E-state index is 12.9. The van der Waals surface area contributed by atoms with Gasteiger partial charge in [-0.3, -0.25) is 0 Å². The van der Waals surface area contributed by atoms with Crippen LogP contribution in [0.4, 0.5) is 21.8 Å². The molecule has 2 N–H and O–H groups in total. The van der Waals surface area contributed by atoms with Gasteiger partial charge in [0.15, 0.2) is 0 Å². The lowest BCUT2D eigenvalue weighted by Gasteiger charge is -2.11. The van der Waals surface area contributed by atoms with Crippen molar-refractivity contribution in [2.45, 2.75) is 13.5 Å². The van der Waals surface area contributed by atoms with Crippen LogP contribution in [0.25, 0.3) is 0 Å². The molecule has 0 unspecified atom stereocenters. The van der Waals surface area contributed by atoms with Gasteiger partial charge in [-0.05, 0) is 36.8 Å². The predicted molar refractivity (Wildman–Crippen MR) is 94.9 cm³/mol. The van der Waals surface area contributed by atoms with Crippen molar-refractivity contribution in [2.75, 3.05) is 10.6 Å². The number of benzene rings is 2. The SMILES string of the molecule is Cc1cc(Nc2ccccc2C#N)nc(NCc2ccc(F)cc2)n1. The van der Waals surface area contributed by atoms with Crippen molar-refractivity contribution in [3.63, 3.8) is 0 Å². The highest BCUT2D eigenvalue weighted by atomic mass is 19.1. The molecule has 0 bridgehead atoms. The summed E-state index contributed by atoms with van der Waals surface area (Å²) in [4.78, 5) is 8.77. The van der Waals surface area contributed by atoms with Crippen molar-refractivity contribution in [3.05, 3.63) is 77.2 Å². The molecule has 0 amide bonds. The molecule has 0 atom stereocenters. The van der Waals surface area contributed by atoms with Crippen LogP contribution < -0.4 is 10.6 Å². The Hall–Kier alpha value is -3.46. The molecule has 0 saturated heterocycles. The number of hydrogen-bond acceptors (Lipinski definition) is 5. The summed E-state index contributed by atoms with van der Waals surface area (Å²) in [5, 5.41) is 15.4. The van der Waals surface area contributed by atoms with Crippen LogP contribution in [0.5, 0.6) is 0 Å². The van der Waals surface area contributed by atoms with E-state index in [1.165, 1.54) is 12.1 Å². The number of aryl methyl sites for hydroxylation is 1. The molecule has 1 heterocycles. The van der Waals surface area contributed by atoms with Gasteiger partial charge in [0.05, 0.1) is 11.3 Å². The molecule has 1 aromatic heterocycles. The number of halogens is 1. The van der Waals surface area contributed by atoms with E-state index in [0.717, 1.165) is 11.3 Å². The van der Waals surface area contributed by atoms with Gasteiger partial charge in [-0.15, -0.1) is 0 Å². The van der Waals surface area contributed by atoms with Crippen molar-refractivity contribution < 1.29 is 4.39 Å². The fraction of sp³-hybridized carbons (Fsp3) is 0.105. The zero-order valence-electron chi connectivity index (χ0n) is 13.6. The molecule has 2 aromatic carbocycles. The average Bonchev–Trinajstić information content (AvgIpc) is 2.61. The fourth-order valence-corrected chi connectivity index (χ4v) is 2.32. The van der Waals surface area contributed by atoms with E-state index >= 15 is 0 Å². The Labute approximate surface area is 145 Å². The van der Waals surface area contributed by atoms with E-state index in [0.29, 0.717) is 29.6 Å². The van der Waals surface area contributed by atoms with Crippen LogP contribution in [-0.4, -0.2) is 9.97 Å². The van der Waals surface area contributed by atoms with Gasteiger partial charge in [0.25, 0.3) is 0 Å². The number of rotatable bonds is 5. The van der Waals surface area contributed by atoms with E-state index in [-0.39, 0.29) is 5.82 Å². The van der Waals surface area contributed by atoms with E-state index in [2.05, 4.69) is 26.7 Å². The van der Waals surface area contributed by atoms with Gasteiger partial charge >= 0.3 is 0 Å². The van der Waals surface area contributed by atoms with E-state index in [1.807, 2.05) is 25.1 Å². The van der Waals surface area contributed by atoms with Crippen LogP contribution in [0, 0.1) is 24.1 Å². The second-order valence-electron chi connectivity index (χ2n) is 5.48. The zero-order valence-corrected chi connectivity index (χ0v) is 13.6. The number of nitrogens with zero attached hydrogens (tertiary/aromatic N) is 3. The first-order valence-electron chi connectivity index (χ1n) is 7.74. The first kappa shape index (κ1) is 16.4. The number of hydrogen-bond donors (Lipinski definition) is 2. The van der Waals surface area contributed by atoms with Crippen molar-refractivity contribution in [1.82, 2.24) is 9.97 Å². The number of nitriles is 1. The lowest BCUT2D eigenvalue weighted by Crippen LogP contribution is -2.06. The summed E-state index contributed by atoms with van der Waals surface area (Å²) in [6, 6.07) is 17.4. The molecule has 0 spiro atoms. The Kier molecular flexibility index (Phi) is 4.86. The summed E-state index contributed by atoms with van der Waals surface area (Å²) < 4.78 is 12.9. The van der Waals surface area contributed by atoms with Crippen LogP contribution in [-0.2, 0) is 6.54 Å². The maximum Gasteiger partial charge on any atom is 0.225 e. The predicted octanol–water partition coefficient (Wildman–Crippen LogP) is 4.15. The second kappa shape index (κ2) is 7.41. The van der Waals surface area contributed by atoms with Gasteiger partial charge in [-0.25, -0.2) is 9.37 Å². The van der Waals surface area contributed by atoms with E-state index in [4.69, 9.17) is 0 Å². The molecule has 0 aliphatic heterocycles. The normalized spacial score (nSPS) is 10.1. The average molecular weight is 333 g/mol. The topological polar surface area (TPSA) is 73.6 Å². The smallest absolute Gasteiger partial charge is 0.225 e. The zero-order chi connectivity index (χ0) is 17.6. The summed E-state index contributed by atoms with van der Waals surface area (Å²) in [7, 11) is 0. The molecular formula is C19H16FN5. The van der Waals surface area contributed by atoms with Crippen molar-refractivity contribution in [2.24, 2.45) is 0 Å². The highest BCUT2D eigenvalue weighted by Crippen LogP contribution is 2.20. The monoisotopic (exact) mass is 333 g/mol. The quantitative estimate of drug-likeness (QED) is 0.734. The molecule has 3 aromatic rings. The summed E-state index contributed by atoms with van der Waals surface area (Å²) in [5.41, 5.74) is 2.94. The summed E-state index contributed by atoms with van der Waals surface area (Å²) in [6.45, 7) is 2.35. The fourth-order valence-electron chi connectivity index (χ4n) is 2.32. The van der Waals surface area contributed by atoms with Gasteiger partial charge < -0.3 is 10.6 Å². The molecule has 25 heavy (non-hydrogen) atoms. The molecule has 124 valence electrons. The minimum atomic E-state index is -0.266. The second-order valence-corrected chi connectivity index (χ2v) is 5.48. The first-order chi connectivity index (χ1) is 12.1. The third-order valence-electron chi connectivity index (χ3n) is 3.53. The summed E-state index contributed by atoms with van der Waals surface area (Å²) >= 11 is 0. The maximum absolute atomic E-state index is 12.9. The van der Waals surface area contributed by atoms with Crippen molar-refractivity contribution >= 4 is 17.5 Å². The third-order valence-corrected chi connectivity index (χ3v) is 3.53. The van der Waals surface area contributed by atoms with E-state index < -0.39 is 0 Å². The highest BCUT2D eigenvalue weighted by Gasteiger charge is 2.06. The minimum absolute atomic E-state index is 0.266. The Morgan fingerprint density at radius 2 is 1.84 bits per heavy atom. The molecule has 0 radical (unpaired) electrons. The standard InChI is InChI=1S/C19H16FN5/c1-13-10-18(24-17-5-3-2-4-15(17)11-21)25-19(23-13)22-12-14-6-8-16(20)9-7-14/h2-10H,12H2,1H3,(H2,22,23,24,25). The number of nitrogens with one attached hydrogen (secondary N) is 2. The number of aromatic nitrogens is 2. The third kappa shape index (κ3) is 4.30. The molecule has 3 rings (SSSR count). The molecule has 0 fully saturated rings. The van der Waals surface area contributed by atoms with Gasteiger partial charge in [0.1, 0.15) is 17.7 Å². The Morgan fingerprint density at radius 3 is 2.60 bits per heavy atom. The van der Waals surface area contributed by atoms with Gasteiger partial charge in [-0.1, -0.05) is 24.3 Å². The lowest BCUT2D eigenvalue weighted by molar-refractivity contribution is 0.627. The van der Waals surface area contributed by atoms with Crippen LogP contribution in [0.15, 0.2) is 54.6 Å². The molecule has 0 aliphatic carbocycles. The van der Waals surface area contributed by atoms with E-state index in [9.17, 15) is 9.65 Å². The lowest BCUT2D eigenvalue weighted by atomic mass is 10.2. The van der Waals surface area contributed by atoms with Gasteiger partial charge in [-0.2, -0.15) is 10.2 Å². The molecule has 5 nitrogen and oxygen atoms in total. The number of para-hydroxylation sites is 1. The van der Waals surface area contributed by atoms with Crippen LogP contribution in [0.2, 0.25) is 0 Å². The molecule has 0 aliphatic rings. The minimum Gasteiger partial charge on any atom is -0.350 e. The Balaban J connectivity index is 1.76. The molecule has 6 heteroatoms.